The molecule has 1 N–H and O–H groups in total. The van der Waals surface area contributed by atoms with Crippen molar-refractivity contribution in [3.63, 3.8) is 0 Å². The van der Waals surface area contributed by atoms with E-state index in [0.29, 0.717) is 5.92 Å². The van der Waals surface area contributed by atoms with Crippen LogP contribution in [0.3, 0.4) is 0 Å². The molecule has 0 aromatic heterocycles. The van der Waals surface area contributed by atoms with Crippen LogP contribution in [-0.4, -0.2) is 22.0 Å². The molecular weight excluding hydrogens is 242 g/mol. The summed E-state index contributed by atoms with van der Waals surface area (Å²) in [5.41, 5.74) is 3.09. The van der Waals surface area contributed by atoms with Crippen LogP contribution >= 0.6 is 0 Å². The summed E-state index contributed by atoms with van der Waals surface area (Å²) < 4.78 is 0. The second-order valence-corrected chi connectivity index (χ2v) is 5.02. The van der Waals surface area contributed by atoms with Crippen molar-refractivity contribution in [1.82, 2.24) is 4.90 Å². The third-order valence-electron chi connectivity index (χ3n) is 3.00. The van der Waals surface area contributed by atoms with E-state index in [0.717, 1.165) is 21.6 Å². The van der Waals surface area contributed by atoms with Gasteiger partial charge in [-0.05, 0) is 24.0 Å². The Labute approximate surface area is 114 Å². The second kappa shape index (κ2) is 6.36. The van der Waals surface area contributed by atoms with Gasteiger partial charge in [0, 0.05) is 6.42 Å². The zero-order valence-electron chi connectivity index (χ0n) is 11.9. The number of hydrogen-bond donors (Lipinski definition) is 1. The van der Waals surface area contributed by atoms with E-state index in [-0.39, 0.29) is 18.9 Å². The Morgan fingerprint density at radius 3 is 2.37 bits per heavy atom. The summed E-state index contributed by atoms with van der Waals surface area (Å²) in [7, 11) is 0. The van der Waals surface area contributed by atoms with Crippen LogP contribution < -0.4 is 0 Å². The van der Waals surface area contributed by atoms with Gasteiger partial charge in [-0.3, -0.25) is 4.79 Å². The number of amides is 2. The Kier molecular flexibility index (Phi) is 5.10. The highest BCUT2D eigenvalue weighted by molar-refractivity contribution is 5.90. The normalized spacial score (nSPS) is 10.6. The maximum absolute atomic E-state index is 11.6. The van der Waals surface area contributed by atoms with Crippen molar-refractivity contribution in [1.29, 1.82) is 0 Å². The first-order chi connectivity index (χ1) is 8.85. The van der Waals surface area contributed by atoms with Crippen LogP contribution in [0.2, 0.25) is 0 Å². The lowest BCUT2D eigenvalue weighted by molar-refractivity contribution is -0.129. The summed E-state index contributed by atoms with van der Waals surface area (Å²) in [6, 6.07) is 5.97. The number of rotatable bonds is 4. The molecule has 0 heterocycles. The monoisotopic (exact) mass is 263 g/mol. The van der Waals surface area contributed by atoms with Gasteiger partial charge < -0.3 is 5.11 Å². The lowest BCUT2D eigenvalue weighted by Gasteiger charge is -2.18. The molecule has 0 aliphatic rings. The molecule has 0 saturated carbocycles. The molecule has 0 saturated heterocycles. The molecule has 0 aliphatic heterocycles. The van der Waals surface area contributed by atoms with Gasteiger partial charge in [0.15, 0.2) is 0 Å². The smallest absolute Gasteiger partial charge is 0.414 e. The second-order valence-electron chi connectivity index (χ2n) is 5.02. The lowest BCUT2D eigenvalue weighted by Crippen LogP contribution is -2.34. The third kappa shape index (κ3) is 4.09. The summed E-state index contributed by atoms with van der Waals surface area (Å²) in [4.78, 5) is 23.6. The molecule has 0 unspecified atom stereocenters. The van der Waals surface area contributed by atoms with Gasteiger partial charge in [0.2, 0.25) is 5.91 Å². The Hall–Kier alpha value is -1.84. The minimum Gasteiger partial charge on any atom is -0.465 e. The molecule has 2 amide bonds. The van der Waals surface area contributed by atoms with E-state index in [1.165, 1.54) is 0 Å². The maximum Gasteiger partial charge on any atom is 0.414 e. The first-order valence-corrected chi connectivity index (χ1v) is 6.48. The molecule has 0 radical (unpaired) electrons. The van der Waals surface area contributed by atoms with Gasteiger partial charge in [-0.15, -0.1) is 0 Å². The number of carbonyl (C=O) groups excluding carboxylic acids is 1. The maximum atomic E-state index is 11.6. The van der Waals surface area contributed by atoms with Gasteiger partial charge in [0.25, 0.3) is 0 Å². The fourth-order valence-corrected chi connectivity index (χ4v) is 1.95. The van der Waals surface area contributed by atoms with Crippen LogP contribution in [0.1, 0.15) is 49.8 Å². The highest BCUT2D eigenvalue weighted by Gasteiger charge is 2.19. The van der Waals surface area contributed by atoms with Gasteiger partial charge in [0.1, 0.15) is 0 Å². The molecule has 0 fully saturated rings. The quantitative estimate of drug-likeness (QED) is 0.904. The van der Waals surface area contributed by atoms with Crippen LogP contribution in [0.5, 0.6) is 0 Å². The summed E-state index contributed by atoms with van der Waals surface area (Å²) in [6.07, 6.45) is -1.01. The molecule has 1 aromatic carbocycles. The van der Waals surface area contributed by atoms with Gasteiger partial charge in [-0.1, -0.05) is 44.5 Å². The fraction of sp³-hybridized carbons (Fsp3) is 0.467. The number of carboxylic acid groups (broad SMARTS) is 1. The standard InChI is InChI=1S/C15H21NO3/c1-5-14(17)16(15(18)19)9-12-6-11(4)7-13(8-12)10(2)3/h6-8,10H,5,9H2,1-4H3,(H,18,19). The van der Waals surface area contributed by atoms with Crippen molar-refractivity contribution >= 4 is 12.0 Å². The van der Waals surface area contributed by atoms with Crippen molar-refractivity contribution < 1.29 is 14.7 Å². The fourth-order valence-electron chi connectivity index (χ4n) is 1.95. The zero-order valence-corrected chi connectivity index (χ0v) is 11.9. The Bertz CT molecular complexity index is 480. The van der Waals surface area contributed by atoms with E-state index in [1.54, 1.807) is 6.92 Å². The van der Waals surface area contributed by atoms with E-state index in [9.17, 15) is 9.59 Å². The number of carbonyl (C=O) groups is 2. The molecule has 0 bridgehead atoms. The van der Waals surface area contributed by atoms with E-state index in [2.05, 4.69) is 19.9 Å². The summed E-state index contributed by atoms with van der Waals surface area (Å²) in [5.74, 6) is -0.00101. The molecule has 1 aromatic rings. The van der Waals surface area contributed by atoms with E-state index >= 15 is 0 Å². The minimum absolute atomic E-state index is 0.114. The average Bonchev–Trinajstić information content (AvgIpc) is 2.34. The molecule has 0 atom stereocenters. The minimum atomic E-state index is -1.19. The summed E-state index contributed by atoms with van der Waals surface area (Å²) in [5, 5.41) is 9.09. The number of imide groups is 1. The highest BCUT2D eigenvalue weighted by Crippen LogP contribution is 2.19. The predicted octanol–water partition coefficient (Wildman–Crippen LogP) is 3.54. The van der Waals surface area contributed by atoms with Crippen molar-refractivity contribution in [2.24, 2.45) is 0 Å². The van der Waals surface area contributed by atoms with Gasteiger partial charge in [-0.2, -0.15) is 0 Å². The van der Waals surface area contributed by atoms with Crippen LogP contribution in [-0.2, 0) is 11.3 Å². The van der Waals surface area contributed by atoms with Gasteiger partial charge in [0.05, 0.1) is 6.54 Å². The van der Waals surface area contributed by atoms with Crippen LogP contribution in [0, 0.1) is 6.92 Å². The predicted molar refractivity (Wildman–Crippen MR) is 74.1 cm³/mol. The molecule has 4 heteroatoms. The largest absolute Gasteiger partial charge is 0.465 e. The van der Waals surface area contributed by atoms with Crippen LogP contribution in [0.25, 0.3) is 0 Å². The molecule has 4 nitrogen and oxygen atoms in total. The average molecular weight is 263 g/mol. The SMILES string of the molecule is CCC(=O)N(Cc1cc(C)cc(C(C)C)c1)C(=O)O. The number of hydrogen-bond acceptors (Lipinski definition) is 2. The Morgan fingerprint density at radius 1 is 1.26 bits per heavy atom. The summed E-state index contributed by atoms with van der Waals surface area (Å²) >= 11 is 0. The van der Waals surface area contributed by atoms with E-state index in [1.807, 2.05) is 19.1 Å². The zero-order chi connectivity index (χ0) is 14.6. The lowest BCUT2D eigenvalue weighted by atomic mass is 9.98. The highest BCUT2D eigenvalue weighted by atomic mass is 16.4. The molecule has 1 rings (SSSR count). The molecular formula is C15H21NO3. The van der Waals surface area contributed by atoms with Crippen molar-refractivity contribution in [3.05, 3.63) is 34.9 Å². The molecule has 0 aliphatic carbocycles. The van der Waals surface area contributed by atoms with E-state index < -0.39 is 6.09 Å². The number of benzene rings is 1. The van der Waals surface area contributed by atoms with Crippen LogP contribution in [0.4, 0.5) is 4.79 Å². The Morgan fingerprint density at radius 2 is 1.89 bits per heavy atom. The van der Waals surface area contributed by atoms with Crippen LogP contribution in [0.15, 0.2) is 18.2 Å². The first-order valence-electron chi connectivity index (χ1n) is 6.48. The number of aryl methyl sites for hydroxylation is 1. The van der Waals surface area contributed by atoms with Crippen molar-refractivity contribution in [2.45, 2.75) is 46.6 Å². The van der Waals surface area contributed by atoms with Crippen molar-refractivity contribution in [3.8, 4) is 0 Å². The topological polar surface area (TPSA) is 57.6 Å². The van der Waals surface area contributed by atoms with Crippen molar-refractivity contribution in [2.75, 3.05) is 0 Å². The van der Waals surface area contributed by atoms with E-state index in [4.69, 9.17) is 5.11 Å². The summed E-state index contributed by atoms with van der Waals surface area (Å²) in [6.45, 7) is 7.93. The van der Waals surface area contributed by atoms with Gasteiger partial charge in [-0.25, -0.2) is 9.69 Å². The molecule has 104 valence electrons. The molecule has 0 spiro atoms. The van der Waals surface area contributed by atoms with Gasteiger partial charge >= 0.3 is 6.09 Å². The molecule has 19 heavy (non-hydrogen) atoms. The Balaban J connectivity index is 3.03. The first kappa shape index (κ1) is 15.2. The third-order valence-corrected chi connectivity index (χ3v) is 3.00. The number of nitrogens with zero attached hydrogens (tertiary/aromatic N) is 1.